The van der Waals surface area contributed by atoms with Crippen LogP contribution < -0.4 is 5.49 Å². The summed E-state index contributed by atoms with van der Waals surface area (Å²) in [5.74, 6) is 0.217. The normalized spacial score (nSPS) is 10.9. The Balaban J connectivity index is 2.08. The van der Waals surface area contributed by atoms with Gasteiger partial charge in [-0.25, -0.2) is 9.97 Å². The minimum Gasteiger partial charge on any atom is -0.508 e. The van der Waals surface area contributed by atoms with E-state index < -0.39 is 0 Å². The maximum Gasteiger partial charge on any atom is 0.182 e. The molecule has 0 saturated heterocycles. The van der Waals surface area contributed by atoms with Crippen molar-refractivity contribution in [2.75, 3.05) is 0 Å². The third-order valence-corrected chi connectivity index (χ3v) is 2.80. The lowest BCUT2D eigenvalue weighted by molar-refractivity contribution is 0.465. The van der Waals surface area contributed by atoms with Crippen LogP contribution in [0, 0.1) is 5.41 Å². The topological polar surface area (TPSA) is 90.6 Å². The first kappa shape index (κ1) is 10.5. The Bertz CT molecular complexity index is 758. The second-order valence-electron chi connectivity index (χ2n) is 3.95. The number of phenols is 1. The second kappa shape index (κ2) is 3.99. The van der Waals surface area contributed by atoms with Gasteiger partial charge in [0.25, 0.3) is 0 Å². The van der Waals surface area contributed by atoms with Gasteiger partial charge in [0, 0.05) is 5.56 Å². The van der Waals surface area contributed by atoms with Gasteiger partial charge in [0.05, 0.1) is 19.2 Å². The Kier molecular flexibility index (Phi) is 2.33. The molecule has 3 rings (SSSR count). The van der Waals surface area contributed by atoms with E-state index in [2.05, 4.69) is 15.0 Å². The molecule has 0 aliphatic heterocycles. The van der Waals surface area contributed by atoms with Gasteiger partial charge < -0.3 is 14.7 Å². The monoisotopic (exact) mass is 241 g/mol. The van der Waals surface area contributed by atoms with Crippen molar-refractivity contribution >= 4 is 11.2 Å². The lowest BCUT2D eigenvalue weighted by Gasteiger charge is -2.07. The summed E-state index contributed by atoms with van der Waals surface area (Å²) in [7, 11) is 0. The summed E-state index contributed by atoms with van der Waals surface area (Å²) in [5.41, 5.74) is 2.15. The van der Waals surface area contributed by atoms with Crippen molar-refractivity contribution in [3.05, 3.63) is 48.0 Å². The molecule has 0 spiro atoms. The summed E-state index contributed by atoms with van der Waals surface area (Å²) < 4.78 is 1.65. The van der Waals surface area contributed by atoms with E-state index in [1.54, 1.807) is 23.0 Å². The van der Waals surface area contributed by atoms with Gasteiger partial charge >= 0.3 is 0 Å². The van der Waals surface area contributed by atoms with Gasteiger partial charge in [-0.15, -0.1) is 0 Å². The third kappa shape index (κ3) is 1.64. The van der Waals surface area contributed by atoms with Crippen LogP contribution in [0.15, 0.2) is 36.9 Å². The predicted octanol–water partition coefficient (Wildman–Crippen LogP) is 0.993. The van der Waals surface area contributed by atoms with Crippen molar-refractivity contribution in [3.8, 4) is 5.75 Å². The quantitative estimate of drug-likeness (QED) is 0.625. The standard InChI is InChI=1S/C12H11N5O/c13-11-10-12(15-6-14-10)16-7-17(11)5-8-3-1-2-4-9(8)18/h1-4,6-7,13,18H,5H2,(H,14,15). The molecule has 0 bridgehead atoms. The van der Waals surface area contributed by atoms with E-state index in [1.807, 2.05) is 12.1 Å². The van der Waals surface area contributed by atoms with E-state index in [4.69, 9.17) is 5.41 Å². The van der Waals surface area contributed by atoms with Crippen LogP contribution in [-0.4, -0.2) is 24.6 Å². The average molecular weight is 241 g/mol. The van der Waals surface area contributed by atoms with Crippen LogP contribution in [0.25, 0.3) is 11.2 Å². The number of nitrogens with one attached hydrogen (secondary N) is 2. The number of aromatic hydroxyl groups is 1. The molecule has 0 aliphatic carbocycles. The van der Waals surface area contributed by atoms with E-state index in [0.717, 1.165) is 5.56 Å². The summed E-state index contributed by atoms with van der Waals surface area (Å²) in [6, 6.07) is 7.06. The Labute approximate surface area is 102 Å². The van der Waals surface area contributed by atoms with Crippen molar-refractivity contribution in [1.29, 1.82) is 5.41 Å². The highest BCUT2D eigenvalue weighted by molar-refractivity contribution is 5.67. The molecule has 0 amide bonds. The fourth-order valence-corrected chi connectivity index (χ4v) is 1.83. The zero-order valence-corrected chi connectivity index (χ0v) is 9.46. The Morgan fingerprint density at radius 2 is 2.11 bits per heavy atom. The summed E-state index contributed by atoms with van der Waals surface area (Å²) >= 11 is 0. The molecule has 2 aromatic heterocycles. The number of phenolic OH excluding ortho intramolecular Hbond substituents is 1. The number of nitrogens with zero attached hydrogens (tertiary/aromatic N) is 3. The molecular formula is C12H11N5O. The zero-order chi connectivity index (χ0) is 12.5. The van der Waals surface area contributed by atoms with E-state index in [-0.39, 0.29) is 5.75 Å². The Morgan fingerprint density at radius 3 is 2.94 bits per heavy atom. The lowest BCUT2D eigenvalue weighted by Crippen LogP contribution is -2.21. The number of H-pyrrole nitrogens is 1. The number of imidazole rings is 1. The maximum atomic E-state index is 9.72. The maximum absolute atomic E-state index is 9.72. The summed E-state index contributed by atoms with van der Waals surface area (Å²) in [4.78, 5) is 11.0. The van der Waals surface area contributed by atoms with E-state index in [9.17, 15) is 5.11 Å². The van der Waals surface area contributed by atoms with Crippen LogP contribution in [-0.2, 0) is 6.54 Å². The van der Waals surface area contributed by atoms with Crippen molar-refractivity contribution in [2.24, 2.45) is 0 Å². The molecule has 0 fully saturated rings. The van der Waals surface area contributed by atoms with Crippen LogP contribution in [0.1, 0.15) is 5.56 Å². The van der Waals surface area contributed by atoms with Crippen molar-refractivity contribution in [1.82, 2.24) is 19.5 Å². The smallest absolute Gasteiger partial charge is 0.182 e. The van der Waals surface area contributed by atoms with Crippen LogP contribution in [0.2, 0.25) is 0 Å². The highest BCUT2D eigenvalue weighted by atomic mass is 16.3. The van der Waals surface area contributed by atoms with Crippen molar-refractivity contribution in [2.45, 2.75) is 6.54 Å². The minimum atomic E-state index is 0.217. The van der Waals surface area contributed by atoms with E-state index in [1.165, 1.54) is 6.33 Å². The number of hydrogen-bond acceptors (Lipinski definition) is 4. The number of benzene rings is 1. The van der Waals surface area contributed by atoms with Crippen LogP contribution in [0.3, 0.4) is 0 Å². The largest absolute Gasteiger partial charge is 0.508 e. The summed E-state index contributed by atoms with van der Waals surface area (Å²) in [6.07, 6.45) is 3.07. The number of rotatable bonds is 2. The molecule has 3 aromatic rings. The molecule has 3 N–H and O–H groups in total. The van der Waals surface area contributed by atoms with E-state index >= 15 is 0 Å². The summed E-state index contributed by atoms with van der Waals surface area (Å²) in [5, 5.41) is 17.8. The highest BCUT2D eigenvalue weighted by Gasteiger charge is 2.05. The molecule has 0 radical (unpaired) electrons. The lowest BCUT2D eigenvalue weighted by atomic mass is 10.2. The molecule has 6 heteroatoms. The van der Waals surface area contributed by atoms with Crippen LogP contribution in [0.4, 0.5) is 0 Å². The fraction of sp³-hybridized carbons (Fsp3) is 0.0833. The highest BCUT2D eigenvalue weighted by Crippen LogP contribution is 2.16. The number of hydrogen-bond donors (Lipinski definition) is 3. The molecular weight excluding hydrogens is 230 g/mol. The molecule has 1 aromatic carbocycles. The second-order valence-corrected chi connectivity index (χ2v) is 3.95. The summed E-state index contributed by atoms with van der Waals surface area (Å²) in [6.45, 7) is 0.396. The molecule has 18 heavy (non-hydrogen) atoms. The van der Waals surface area contributed by atoms with Gasteiger partial charge in [-0.05, 0) is 6.07 Å². The molecule has 0 unspecified atom stereocenters. The Hall–Kier alpha value is -2.63. The van der Waals surface area contributed by atoms with Gasteiger partial charge in [0.15, 0.2) is 11.1 Å². The van der Waals surface area contributed by atoms with Gasteiger partial charge in [0.2, 0.25) is 0 Å². The van der Waals surface area contributed by atoms with Crippen LogP contribution in [0.5, 0.6) is 5.75 Å². The molecule has 0 aliphatic rings. The average Bonchev–Trinajstić information content (AvgIpc) is 2.84. The molecule has 90 valence electrons. The van der Waals surface area contributed by atoms with Crippen LogP contribution >= 0.6 is 0 Å². The van der Waals surface area contributed by atoms with Crippen molar-refractivity contribution in [3.63, 3.8) is 0 Å². The number of fused-ring (bicyclic) bond motifs is 1. The third-order valence-electron chi connectivity index (χ3n) is 2.80. The first-order chi connectivity index (χ1) is 8.75. The molecule has 6 nitrogen and oxygen atoms in total. The fourth-order valence-electron chi connectivity index (χ4n) is 1.83. The van der Waals surface area contributed by atoms with Gasteiger partial charge in [-0.2, -0.15) is 0 Å². The van der Waals surface area contributed by atoms with Gasteiger partial charge in [-0.3, -0.25) is 5.41 Å². The van der Waals surface area contributed by atoms with E-state index in [0.29, 0.717) is 23.2 Å². The van der Waals surface area contributed by atoms with Gasteiger partial charge in [-0.1, -0.05) is 18.2 Å². The first-order valence-corrected chi connectivity index (χ1v) is 5.45. The SMILES string of the molecule is N=c1c2[nH]cnc2ncn1Cc1ccccc1O. The van der Waals surface area contributed by atoms with Crippen molar-refractivity contribution < 1.29 is 5.11 Å². The molecule has 2 heterocycles. The molecule has 0 atom stereocenters. The first-order valence-electron chi connectivity index (χ1n) is 5.45. The Morgan fingerprint density at radius 1 is 1.28 bits per heavy atom. The van der Waals surface area contributed by atoms with Gasteiger partial charge in [0.1, 0.15) is 11.3 Å². The number of aromatic nitrogens is 4. The predicted molar refractivity (Wildman–Crippen MR) is 64.9 cm³/mol. The zero-order valence-electron chi connectivity index (χ0n) is 9.46. The minimum absolute atomic E-state index is 0.217. The number of para-hydroxylation sites is 1. The number of aromatic amines is 1. The molecule has 0 saturated carbocycles.